The van der Waals surface area contributed by atoms with Gasteiger partial charge in [-0.25, -0.2) is 0 Å². The molecule has 2 aromatic rings. The molecular formula is C32H48O4Si2. The van der Waals surface area contributed by atoms with Crippen LogP contribution in [-0.2, 0) is 18.3 Å². The molecule has 2 aromatic carbocycles. The van der Waals surface area contributed by atoms with Gasteiger partial charge >= 0.3 is 0 Å². The van der Waals surface area contributed by atoms with Crippen molar-refractivity contribution in [3.05, 3.63) is 72.3 Å². The van der Waals surface area contributed by atoms with Gasteiger partial charge < -0.3 is 18.3 Å². The van der Waals surface area contributed by atoms with Gasteiger partial charge in [-0.2, -0.15) is 0 Å². The van der Waals surface area contributed by atoms with Gasteiger partial charge in [0.15, 0.2) is 14.1 Å². The maximum Gasteiger partial charge on any atom is 0.261 e. The van der Waals surface area contributed by atoms with E-state index in [2.05, 4.69) is 115 Å². The molecule has 0 saturated carbocycles. The smallest absolute Gasteiger partial charge is 0.261 e. The second-order valence-electron chi connectivity index (χ2n) is 12.7. The van der Waals surface area contributed by atoms with E-state index in [1.165, 1.54) is 10.4 Å². The molecule has 0 radical (unpaired) electrons. The Morgan fingerprint density at radius 3 is 1.76 bits per heavy atom. The van der Waals surface area contributed by atoms with E-state index >= 15 is 0 Å². The molecule has 0 amide bonds. The summed E-state index contributed by atoms with van der Waals surface area (Å²) < 4.78 is 27.6. The van der Waals surface area contributed by atoms with Crippen LogP contribution in [0.1, 0.15) is 62.3 Å². The van der Waals surface area contributed by atoms with E-state index < -0.39 is 28.0 Å². The molecule has 1 heterocycles. The number of ether oxygens (including phenoxy) is 2. The van der Waals surface area contributed by atoms with Gasteiger partial charge in [0.05, 0.1) is 12.7 Å². The van der Waals surface area contributed by atoms with Gasteiger partial charge in [-0.05, 0) is 66.0 Å². The van der Waals surface area contributed by atoms with Crippen molar-refractivity contribution in [2.24, 2.45) is 0 Å². The van der Waals surface area contributed by atoms with Gasteiger partial charge in [0.2, 0.25) is 0 Å². The Labute approximate surface area is 233 Å². The Bertz CT molecular complexity index is 1060. The summed E-state index contributed by atoms with van der Waals surface area (Å²) in [6.45, 7) is 20.5. The van der Waals surface area contributed by atoms with E-state index in [-0.39, 0.29) is 17.2 Å². The van der Waals surface area contributed by atoms with E-state index in [1.54, 1.807) is 0 Å². The van der Waals surface area contributed by atoms with E-state index in [4.69, 9.17) is 18.3 Å². The molecule has 0 spiro atoms. The van der Waals surface area contributed by atoms with Crippen LogP contribution < -0.4 is 10.4 Å². The molecule has 3 atom stereocenters. The lowest BCUT2D eigenvalue weighted by atomic mass is 9.97. The average molecular weight is 553 g/mol. The molecule has 1 saturated heterocycles. The minimum atomic E-state index is -2.68. The van der Waals surface area contributed by atoms with E-state index in [0.29, 0.717) is 6.61 Å². The van der Waals surface area contributed by atoms with Crippen LogP contribution in [0.2, 0.25) is 23.2 Å². The summed E-state index contributed by atoms with van der Waals surface area (Å²) in [7, 11) is -4.55. The fourth-order valence-corrected chi connectivity index (χ4v) is 14.0. The second-order valence-corrected chi connectivity index (χ2v) is 21.7. The highest BCUT2D eigenvalue weighted by atomic mass is 28.4. The molecule has 1 fully saturated rings. The van der Waals surface area contributed by atoms with Crippen LogP contribution in [0.25, 0.3) is 0 Å². The van der Waals surface area contributed by atoms with Crippen LogP contribution in [0.4, 0.5) is 0 Å². The summed E-state index contributed by atoms with van der Waals surface area (Å²) in [5, 5.41) is 2.48. The highest BCUT2D eigenvalue weighted by molar-refractivity contribution is 6.99. The maximum atomic E-state index is 7.32. The highest BCUT2D eigenvalue weighted by Crippen LogP contribution is 2.49. The van der Waals surface area contributed by atoms with Crippen molar-refractivity contribution in [2.75, 3.05) is 6.61 Å². The van der Waals surface area contributed by atoms with Crippen molar-refractivity contribution >= 4 is 27.0 Å². The van der Waals surface area contributed by atoms with Crippen molar-refractivity contribution in [1.29, 1.82) is 0 Å². The minimum absolute atomic E-state index is 0.0882. The summed E-state index contributed by atoms with van der Waals surface area (Å²) in [4.78, 5) is 0. The first-order valence-electron chi connectivity index (χ1n) is 14.4. The van der Waals surface area contributed by atoms with Crippen LogP contribution in [0.3, 0.4) is 0 Å². The number of fused-ring (bicyclic) bond motifs is 1. The number of hydrogen-bond acceptors (Lipinski definition) is 4. The lowest BCUT2D eigenvalue weighted by molar-refractivity contribution is -0.173. The van der Waals surface area contributed by atoms with Gasteiger partial charge in [0.25, 0.3) is 8.32 Å². The van der Waals surface area contributed by atoms with Gasteiger partial charge in [0, 0.05) is 0 Å². The second kappa shape index (κ2) is 10.8. The van der Waals surface area contributed by atoms with Gasteiger partial charge in [-0.15, -0.1) is 0 Å². The molecule has 0 bridgehead atoms. The Morgan fingerprint density at radius 1 is 0.816 bits per heavy atom. The Kier molecular flexibility index (Phi) is 8.36. The Balaban J connectivity index is 1.76. The minimum Gasteiger partial charge on any atom is -0.407 e. The summed E-state index contributed by atoms with van der Waals surface area (Å²) >= 11 is 0. The summed E-state index contributed by atoms with van der Waals surface area (Å²) in [6, 6.07) is 25.0. The lowest BCUT2D eigenvalue weighted by Gasteiger charge is -2.43. The van der Waals surface area contributed by atoms with E-state index in [0.717, 1.165) is 23.7 Å². The van der Waals surface area contributed by atoms with Crippen molar-refractivity contribution in [1.82, 2.24) is 0 Å². The zero-order valence-electron chi connectivity index (χ0n) is 25.0. The summed E-state index contributed by atoms with van der Waals surface area (Å²) in [5.74, 6) is -0.674. The third kappa shape index (κ3) is 5.16. The first-order valence-corrected chi connectivity index (χ1v) is 18.8. The van der Waals surface area contributed by atoms with Gasteiger partial charge in [0.1, 0.15) is 11.7 Å². The van der Waals surface area contributed by atoms with Gasteiger partial charge in [-0.1, -0.05) is 102 Å². The zero-order valence-corrected chi connectivity index (χ0v) is 27.0. The van der Waals surface area contributed by atoms with Crippen LogP contribution in [-0.4, -0.2) is 46.8 Å². The molecule has 6 heteroatoms. The normalized spacial score (nSPS) is 25.3. The van der Waals surface area contributed by atoms with Crippen LogP contribution >= 0.6 is 0 Å². The first-order chi connectivity index (χ1) is 17.9. The topological polar surface area (TPSA) is 36.9 Å². The SMILES string of the molecule is CC[Si](CC)(CC)O[C@@H]1C=C(CO[Si](c2ccccc2)(c2ccccc2)C(C)(C)C)[C@H]2OC(C)(C)O[C@]21C. The van der Waals surface area contributed by atoms with Crippen LogP contribution in [0.5, 0.6) is 0 Å². The lowest BCUT2D eigenvalue weighted by Crippen LogP contribution is -2.66. The summed E-state index contributed by atoms with van der Waals surface area (Å²) in [5.41, 5.74) is 0.577. The molecule has 4 rings (SSSR count). The first kappa shape index (κ1) is 29.4. The monoisotopic (exact) mass is 552 g/mol. The molecule has 1 aliphatic heterocycles. The highest BCUT2D eigenvalue weighted by Gasteiger charge is 2.61. The average Bonchev–Trinajstić information content (AvgIpc) is 3.28. The predicted octanol–water partition coefficient (Wildman–Crippen LogP) is 6.80. The van der Waals surface area contributed by atoms with Crippen LogP contribution in [0, 0.1) is 0 Å². The summed E-state index contributed by atoms with van der Waals surface area (Å²) in [6.07, 6.45) is 1.94. The number of hydrogen-bond donors (Lipinski definition) is 0. The molecule has 4 nitrogen and oxygen atoms in total. The van der Waals surface area contributed by atoms with Crippen molar-refractivity contribution in [2.45, 2.75) is 109 Å². The molecule has 208 valence electrons. The van der Waals surface area contributed by atoms with E-state index in [1.807, 2.05) is 13.8 Å². The third-order valence-corrected chi connectivity index (χ3v) is 18.4. The van der Waals surface area contributed by atoms with Crippen molar-refractivity contribution < 1.29 is 18.3 Å². The standard InChI is InChI=1S/C32H48O4Si2/c1-10-37(11-2,12-3)35-28-23-25(29-32(28,9)36-31(7,8)34-29)24-33-38(30(4,5)6,26-19-15-13-16-20-26)27-21-17-14-18-22-27/h13-23,28-29H,10-12,24H2,1-9H3/t28-,29-,32+/m1/s1. The van der Waals surface area contributed by atoms with Crippen LogP contribution in [0.15, 0.2) is 72.3 Å². The largest absolute Gasteiger partial charge is 0.407 e. The third-order valence-electron chi connectivity index (χ3n) is 8.84. The molecule has 2 aliphatic rings. The molecule has 0 unspecified atom stereocenters. The molecule has 0 aromatic heterocycles. The molecule has 1 aliphatic carbocycles. The zero-order chi connectivity index (χ0) is 27.8. The quantitative estimate of drug-likeness (QED) is 0.240. The number of benzene rings is 2. The Morgan fingerprint density at radius 2 is 1.32 bits per heavy atom. The maximum absolute atomic E-state index is 7.32. The van der Waals surface area contributed by atoms with Gasteiger partial charge in [-0.3, -0.25) is 0 Å². The van der Waals surface area contributed by atoms with Crippen molar-refractivity contribution in [3.63, 3.8) is 0 Å². The fraction of sp³-hybridized carbons (Fsp3) is 0.562. The van der Waals surface area contributed by atoms with E-state index in [9.17, 15) is 0 Å². The number of rotatable bonds is 10. The molecular weight excluding hydrogens is 505 g/mol. The Hall–Kier alpha value is -1.55. The predicted molar refractivity (Wildman–Crippen MR) is 162 cm³/mol. The fourth-order valence-electron chi connectivity index (χ4n) is 6.60. The molecule has 0 N–H and O–H groups in total. The van der Waals surface area contributed by atoms with Crippen molar-refractivity contribution in [3.8, 4) is 0 Å². The molecule has 38 heavy (non-hydrogen) atoms.